The average Bonchev–Trinajstić information content (AvgIpc) is 2.98. The van der Waals surface area contributed by atoms with E-state index in [1.54, 1.807) is 0 Å². The number of carbonyl (C=O) groups excluding carboxylic acids is 1. The molecule has 0 saturated heterocycles. The molecule has 170 valence electrons. The third-order valence-corrected chi connectivity index (χ3v) is 9.19. The Balaban J connectivity index is 0.000000589. The number of carboxylic acid groups (broad SMARTS) is 1. The van der Waals surface area contributed by atoms with Crippen LogP contribution in [0.15, 0.2) is 11.6 Å². The summed E-state index contributed by atoms with van der Waals surface area (Å²) in [6.45, 7) is 10.0. The van der Waals surface area contributed by atoms with Crippen molar-refractivity contribution in [3.8, 4) is 0 Å². The molecule has 0 aliphatic heterocycles. The van der Waals surface area contributed by atoms with Crippen molar-refractivity contribution in [1.82, 2.24) is 0 Å². The molecule has 0 aromatic heterocycles. The minimum absolute atomic E-state index is 0.0277. The highest BCUT2D eigenvalue weighted by Crippen LogP contribution is 2.66. The highest BCUT2D eigenvalue weighted by atomic mass is 16.5. The Labute approximate surface area is 181 Å². The fraction of sp³-hybridized carbons (Fsp3) is 0.840. The Morgan fingerprint density at radius 2 is 1.87 bits per heavy atom. The number of hydrogen-bond acceptors (Lipinski definition) is 4. The molecule has 4 aliphatic carbocycles. The SMILES string of the molecule is CC(=O)O.CC[C@H]1CC[C@H]2[C@@H]3CC=C4CC(OC(C)=O)C(N)C[C@]4(C)[C@H]3CC[C@]12C. The van der Waals surface area contributed by atoms with Gasteiger partial charge in [0, 0.05) is 26.3 Å². The summed E-state index contributed by atoms with van der Waals surface area (Å²) in [5, 5.41) is 7.42. The third-order valence-electron chi connectivity index (χ3n) is 9.19. The lowest BCUT2D eigenvalue weighted by atomic mass is 9.47. The van der Waals surface area contributed by atoms with Crippen LogP contribution in [0.4, 0.5) is 0 Å². The smallest absolute Gasteiger partial charge is 0.302 e. The second kappa shape index (κ2) is 8.64. The highest BCUT2D eigenvalue weighted by molar-refractivity contribution is 5.66. The monoisotopic (exact) mass is 419 g/mol. The van der Waals surface area contributed by atoms with Gasteiger partial charge in [-0.1, -0.05) is 38.8 Å². The Morgan fingerprint density at radius 3 is 2.47 bits per heavy atom. The predicted molar refractivity (Wildman–Crippen MR) is 118 cm³/mol. The van der Waals surface area contributed by atoms with Crippen LogP contribution in [0.2, 0.25) is 0 Å². The van der Waals surface area contributed by atoms with E-state index in [4.69, 9.17) is 20.4 Å². The first-order valence-electron chi connectivity index (χ1n) is 11.8. The second-order valence-corrected chi connectivity index (χ2v) is 10.7. The number of allylic oxidation sites excluding steroid dienone is 1. The van der Waals surface area contributed by atoms with Crippen molar-refractivity contribution in [2.45, 2.75) is 98.1 Å². The van der Waals surface area contributed by atoms with E-state index in [1.807, 2.05) is 0 Å². The number of aliphatic carboxylic acids is 1. The Kier molecular flexibility index (Phi) is 6.71. The van der Waals surface area contributed by atoms with Crippen LogP contribution in [0.25, 0.3) is 0 Å². The van der Waals surface area contributed by atoms with Crippen molar-refractivity contribution in [3.63, 3.8) is 0 Å². The maximum atomic E-state index is 11.4. The van der Waals surface area contributed by atoms with Crippen LogP contribution in [-0.4, -0.2) is 29.2 Å². The van der Waals surface area contributed by atoms with E-state index in [-0.39, 0.29) is 23.5 Å². The van der Waals surface area contributed by atoms with E-state index in [0.29, 0.717) is 5.41 Å². The van der Waals surface area contributed by atoms with Gasteiger partial charge in [0.2, 0.25) is 0 Å². The number of ether oxygens (including phenoxy) is 1. The molecule has 0 aromatic carbocycles. The normalized spacial score (nSPS) is 44.4. The minimum atomic E-state index is -0.833. The summed E-state index contributed by atoms with van der Waals surface area (Å²) in [5.41, 5.74) is 8.82. The van der Waals surface area contributed by atoms with E-state index in [2.05, 4.69) is 26.8 Å². The van der Waals surface area contributed by atoms with Crippen LogP contribution in [0, 0.1) is 34.5 Å². The van der Waals surface area contributed by atoms with Gasteiger partial charge in [-0.25, -0.2) is 0 Å². The lowest BCUT2D eigenvalue weighted by Crippen LogP contribution is -2.55. The van der Waals surface area contributed by atoms with Crippen LogP contribution in [0.3, 0.4) is 0 Å². The molecular formula is C25H41NO4. The van der Waals surface area contributed by atoms with Gasteiger partial charge in [0.25, 0.3) is 5.97 Å². The lowest BCUT2D eigenvalue weighted by Gasteiger charge is -2.59. The van der Waals surface area contributed by atoms with E-state index < -0.39 is 5.97 Å². The third kappa shape index (κ3) is 4.06. The summed E-state index contributed by atoms with van der Waals surface area (Å²) >= 11 is 0. The zero-order valence-electron chi connectivity index (χ0n) is 19.4. The van der Waals surface area contributed by atoms with Crippen molar-refractivity contribution >= 4 is 11.9 Å². The van der Waals surface area contributed by atoms with Gasteiger partial charge < -0.3 is 15.6 Å². The molecule has 3 N–H and O–H groups in total. The number of esters is 1. The predicted octanol–water partition coefficient (Wildman–Crippen LogP) is 4.94. The van der Waals surface area contributed by atoms with Crippen LogP contribution in [0.1, 0.15) is 86.0 Å². The zero-order chi connectivity index (χ0) is 22.3. The topological polar surface area (TPSA) is 89.6 Å². The van der Waals surface area contributed by atoms with Gasteiger partial charge in [0.15, 0.2) is 0 Å². The van der Waals surface area contributed by atoms with Crippen molar-refractivity contribution < 1.29 is 19.4 Å². The molecule has 5 heteroatoms. The maximum absolute atomic E-state index is 11.4. The number of carboxylic acids is 1. The summed E-state index contributed by atoms with van der Waals surface area (Å²) in [4.78, 5) is 20.4. The van der Waals surface area contributed by atoms with E-state index in [1.165, 1.54) is 51.0 Å². The van der Waals surface area contributed by atoms with Gasteiger partial charge >= 0.3 is 5.97 Å². The molecule has 5 nitrogen and oxygen atoms in total. The summed E-state index contributed by atoms with van der Waals surface area (Å²) < 4.78 is 5.54. The fourth-order valence-corrected chi connectivity index (χ4v) is 7.87. The Morgan fingerprint density at radius 1 is 1.20 bits per heavy atom. The first kappa shape index (κ1) is 23.3. The van der Waals surface area contributed by atoms with Crippen LogP contribution < -0.4 is 5.73 Å². The highest BCUT2D eigenvalue weighted by Gasteiger charge is 2.59. The van der Waals surface area contributed by atoms with Gasteiger partial charge in [-0.2, -0.15) is 0 Å². The molecule has 4 rings (SSSR count). The molecular weight excluding hydrogens is 378 g/mol. The van der Waals surface area contributed by atoms with E-state index in [9.17, 15) is 4.79 Å². The maximum Gasteiger partial charge on any atom is 0.302 e. The molecule has 0 aromatic rings. The fourth-order valence-electron chi connectivity index (χ4n) is 7.87. The summed E-state index contributed by atoms with van der Waals surface area (Å²) in [6.07, 6.45) is 12.4. The molecule has 0 heterocycles. The molecule has 2 unspecified atom stereocenters. The van der Waals surface area contributed by atoms with Gasteiger partial charge in [-0.15, -0.1) is 0 Å². The summed E-state index contributed by atoms with van der Waals surface area (Å²) in [6, 6.07) is -0.0277. The molecule has 3 fully saturated rings. The summed E-state index contributed by atoms with van der Waals surface area (Å²) in [5.74, 6) is 2.38. The average molecular weight is 420 g/mol. The van der Waals surface area contributed by atoms with E-state index >= 15 is 0 Å². The summed E-state index contributed by atoms with van der Waals surface area (Å²) in [7, 11) is 0. The van der Waals surface area contributed by atoms with Crippen molar-refractivity contribution in [1.29, 1.82) is 0 Å². The van der Waals surface area contributed by atoms with Crippen molar-refractivity contribution in [2.75, 3.05) is 0 Å². The quantitative estimate of drug-likeness (QED) is 0.489. The minimum Gasteiger partial charge on any atom is -0.481 e. The first-order chi connectivity index (χ1) is 14.0. The van der Waals surface area contributed by atoms with Gasteiger partial charge in [-0.05, 0) is 73.0 Å². The zero-order valence-corrected chi connectivity index (χ0v) is 19.4. The van der Waals surface area contributed by atoms with Gasteiger partial charge in [0.1, 0.15) is 6.10 Å². The Bertz CT molecular complexity index is 699. The van der Waals surface area contributed by atoms with Crippen LogP contribution in [-0.2, 0) is 14.3 Å². The molecule has 8 atom stereocenters. The number of carbonyl (C=O) groups is 2. The molecule has 0 spiro atoms. The van der Waals surface area contributed by atoms with Crippen LogP contribution in [0.5, 0.6) is 0 Å². The number of rotatable bonds is 2. The molecule has 0 bridgehead atoms. The molecule has 3 saturated carbocycles. The molecule has 0 amide bonds. The van der Waals surface area contributed by atoms with Crippen molar-refractivity contribution in [3.05, 3.63) is 11.6 Å². The lowest BCUT2D eigenvalue weighted by molar-refractivity contribution is -0.150. The second-order valence-electron chi connectivity index (χ2n) is 10.7. The molecule has 4 aliphatic rings. The Hall–Kier alpha value is -1.36. The van der Waals surface area contributed by atoms with Crippen molar-refractivity contribution in [2.24, 2.45) is 40.2 Å². The number of hydrogen-bond donors (Lipinski definition) is 2. The van der Waals surface area contributed by atoms with Gasteiger partial charge in [0.05, 0.1) is 0 Å². The molecule has 0 radical (unpaired) electrons. The number of nitrogens with two attached hydrogens (primary N) is 1. The van der Waals surface area contributed by atoms with Gasteiger partial charge in [-0.3, -0.25) is 9.59 Å². The number of fused-ring (bicyclic) bond motifs is 5. The largest absolute Gasteiger partial charge is 0.481 e. The van der Waals surface area contributed by atoms with Crippen LogP contribution >= 0.6 is 0 Å². The molecule has 30 heavy (non-hydrogen) atoms. The standard InChI is InChI=1S/C23H37NO2.C2H4O2/c1-5-15-7-9-18-17-8-6-16-12-21(26-14(2)25)20(24)13-23(16,4)19(17)10-11-22(15,18)3;1-2(3)4/h6,15,17-21H,5,7-13,24H2,1-4H3;1H3,(H,3,4)/t15-,17-,18-,19-,20?,21?,22+,23-;/m0./s1. The van der Waals surface area contributed by atoms with E-state index in [0.717, 1.165) is 43.4 Å². The first-order valence-corrected chi connectivity index (χ1v) is 11.8.